The van der Waals surface area contributed by atoms with E-state index >= 15 is 0 Å². The van der Waals surface area contributed by atoms with Gasteiger partial charge in [0.1, 0.15) is 5.60 Å². The third-order valence-corrected chi connectivity index (χ3v) is 2.43. The van der Waals surface area contributed by atoms with Crippen LogP contribution in [0.1, 0.15) is 37.6 Å². The lowest BCUT2D eigenvalue weighted by atomic mass is 10.2. The van der Waals surface area contributed by atoms with Gasteiger partial charge in [-0.2, -0.15) is 0 Å². The van der Waals surface area contributed by atoms with Crippen LogP contribution in [-0.2, 0) is 14.3 Å². The lowest BCUT2D eigenvalue weighted by molar-refractivity contribution is -0.153. The summed E-state index contributed by atoms with van der Waals surface area (Å²) in [7, 11) is 0. The minimum atomic E-state index is -0.468. The molecule has 1 aromatic rings. The monoisotopic (exact) mass is 293 g/mol. The fraction of sp³-hybridized carbons (Fsp3) is 0.500. The normalized spacial score (nSPS) is 11.0. The Morgan fingerprint density at radius 1 is 1.14 bits per heavy atom. The van der Waals surface area contributed by atoms with Crippen molar-refractivity contribution in [1.82, 2.24) is 5.32 Å². The number of benzene rings is 1. The zero-order valence-corrected chi connectivity index (χ0v) is 12.8. The van der Waals surface area contributed by atoms with Crippen LogP contribution in [-0.4, -0.2) is 37.2 Å². The van der Waals surface area contributed by atoms with E-state index in [0.29, 0.717) is 25.1 Å². The molecule has 0 aliphatic carbocycles. The maximum atomic E-state index is 11.6. The van der Waals surface area contributed by atoms with Crippen LogP contribution in [0.4, 0.5) is 0 Å². The van der Waals surface area contributed by atoms with Gasteiger partial charge in [-0.05, 0) is 45.9 Å². The van der Waals surface area contributed by atoms with Crippen molar-refractivity contribution in [3.05, 3.63) is 35.9 Å². The minimum Gasteiger partial charge on any atom is -0.462 e. The Hall–Kier alpha value is -1.88. The molecule has 1 N–H and O–H groups in total. The molecule has 0 atom stereocenters. The van der Waals surface area contributed by atoms with E-state index in [1.165, 1.54) is 0 Å². The topological polar surface area (TPSA) is 64.6 Å². The maximum Gasteiger partial charge on any atom is 0.338 e. The molecular formula is C16H23NO4. The summed E-state index contributed by atoms with van der Waals surface area (Å²) in [5.41, 5.74) is 0.0727. The second-order valence-corrected chi connectivity index (χ2v) is 5.62. The third-order valence-electron chi connectivity index (χ3n) is 2.43. The van der Waals surface area contributed by atoms with Crippen molar-refractivity contribution in [2.75, 3.05) is 19.7 Å². The molecule has 1 aromatic carbocycles. The zero-order valence-electron chi connectivity index (χ0n) is 12.8. The van der Waals surface area contributed by atoms with Gasteiger partial charge in [-0.3, -0.25) is 4.79 Å². The van der Waals surface area contributed by atoms with Crippen LogP contribution < -0.4 is 5.32 Å². The zero-order chi connectivity index (χ0) is 15.7. The second kappa shape index (κ2) is 8.42. The molecule has 21 heavy (non-hydrogen) atoms. The van der Waals surface area contributed by atoms with Crippen LogP contribution in [0.2, 0.25) is 0 Å². The average molecular weight is 293 g/mol. The number of ether oxygens (including phenoxy) is 2. The number of carbonyl (C=O) groups excluding carboxylic acids is 2. The minimum absolute atomic E-state index is 0.157. The predicted octanol–water partition coefficient (Wildman–Crippen LogP) is 2.16. The summed E-state index contributed by atoms with van der Waals surface area (Å²) in [6.07, 6.45) is 0.640. The van der Waals surface area contributed by atoms with Gasteiger partial charge in [-0.25, -0.2) is 4.79 Å². The van der Waals surface area contributed by atoms with Gasteiger partial charge in [0.25, 0.3) is 0 Å². The van der Waals surface area contributed by atoms with Crippen molar-refractivity contribution in [2.24, 2.45) is 0 Å². The summed E-state index contributed by atoms with van der Waals surface area (Å²) in [5, 5.41) is 2.96. The molecule has 1 rings (SSSR count). The molecule has 5 nitrogen and oxygen atoms in total. The summed E-state index contributed by atoms with van der Waals surface area (Å²) in [4.78, 5) is 23.0. The number of hydrogen-bond donors (Lipinski definition) is 1. The van der Waals surface area contributed by atoms with E-state index in [1.54, 1.807) is 24.3 Å². The van der Waals surface area contributed by atoms with Gasteiger partial charge in [0.05, 0.1) is 18.7 Å². The van der Waals surface area contributed by atoms with Crippen molar-refractivity contribution in [2.45, 2.75) is 32.8 Å². The fourth-order valence-electron chi connectivity index (χ4n) is 1.59. The average Bonchev–Trinajstić information content (AvgIpc) is 2.41. The van der Waals surface area contributed by atoms with E-state index in [-0.39, 0.29) is 18.5 Å². The Morgan fingerprint density at radius 3 is 2.43 bits per heavy atom. The molecule has 0 aromatic heterocycles. The summed E-state index contributed by atoms with van der Waals surface area (Å²) in [6.45, 7) is 6.54. The molecule has 5 heteroatoms. The van der Waals surface area contributed by atoms with E-state index in [9.17, 15) is 9.59 Å². The molecular weight excluding hydrogens is 270 g/mol. The quantitative estimate of drug-likeness (QED) is 0.616. The van der Waals surface area contributed by atoms with Crippen LogP contribution in [0.5, 0.6) is 0 Å². The maximum absolute atomic E-state index is 11.6. The Balaban J connectivity index is 2.07. The molecule has 0 saturated carbocycles. The fourth-order valence-corrected chi connectivity index (χ4v) is 1.59. The Morgan fingerprint density at radius 2 is 1.81 bits per heavy atom. The number of carbonyl (C=O) groups is 2. The Bertz CT molecular complexity index is 451. The predicted molar refractivity (Wildman–Crippen MR) is 80.1 cm³/mol. The van der Waals surface area contributed by atoms with Crippen molar-refractivity contribution in [1.29, 1.82) is 0 Å². The highest BCUT2D eigenvalue weighted by atomic mass is 16.6. The van der Waals surface area contributed by atoms with Crippen LogP contribution in [0, 0.1) is 0 Å². The van der Waals surface area contributed by atoms with E-state index in [4.69, 9.17) is 9.47 Å². The third kappa shape index (κ3) is 8.09. The molecule has 0 amide bonds. The van der Waals surface area contributed by atoms with Gasteiger partial charge in [0, 0.05) is 0 Å². The molecule has 0 radical (unpaired) electrons. The molecule has 0 fully saturated rings. The van der Waals surface area contributed by atoms with Crippen molar-refractivity contribution >= 4 is 11.9 Å². The highest BCUT2D eigenvalue weighted by Gasteiger charge is 2.15. The molecule has 0 bridgehead atoms. The molecule has 0 aliphatic rings. The van der Waals surface area contributed by atoms with Gasteiger partial charge in [-0.1, -0.05) is 18.2 Å². The van der Waals surface area contributed by atoms with Crippen molar-refractivity contribution < 1.29 is 19.1 Å². The van der Waals surface area contributed by atoms with Gasteiger partial charge in [0.2, 0.25) is 0 Å². The van der Waals surface area contributed by atoms with Crippen LogP contribution in [0.15, 0.2) is 30.3 Å². The van der Waals surface area contributed by atoms with Crippen molar-refractivity contribution in [3.8, 4) is 0 Å². The highest BCUT2D eigenvalue weighted by Crippen LogP contribution is 2.06. The van der Waals surface area contributed by atoms with Crippen LogP contribution in [0.3, 0.4) is 0 Å². The summed E-state index contributed by atoms with van der Waals surface area (Å²) < 4.78 is 10.3. The van der Waals surface area contributed by atoms with Gasteiger partial charge in [0.15, 0.2) is 0 Å². The van der Waals surface area contributed by atoms with Gasteiger partial charge < -0.3 is 14.8 Å². The largest absolute Gasteiger partial charge is 0.462 e. The Kier molecular flexibility index (Phi) is 6.88. The van der Waals surface area contributed by atoms with E-state index in [0.717, 1.165) is 0 Å². The molecule has 0 saturated heterocycles. The summed E-state index contributed by atoms with van der Waals surface area (Å²) in [6, 6.07) is 8.85. The first kappa shape index (κ1) is 17.2. The lowest BCUT2D eigenvalue weighted by Crippen LogP contribution is -2.32. The highest BCUT2D eigenvalue weighted by molar-refractivity contribution is 5.89. The summed E-state index contributed by atoms with van der Waals surface area (Å²) in [5.74, 6) is -0.619. The summed E-state index contributed by atoms with van der Waals surface area (Å²) >= 11 is 0. The second-order valence-electron chi connectivity index (χ2n) is 5.62. The standard InChI is InChI=1S/C16H23NO4/c1-16(2,3)21-14(18)12-17-10-7-11-20-15(19)13-8-5-4-6-9-13/h4-6,8-9,17H,7,10-12H2,1-3H3. The van der Waals surface area contributed by atoms with E-state index < -0.39 is 5.60 Å². The number of esters is 2. The molecule has 0 unspecified atom stereocenters. The number of hydrogen-bond acceptors (Lipinski definition) is 5. The Labute approximate surface area is 125 Å². The SMILES string of the molecule is CC(C)(C)OC(=O)CNCCCOC(=O)c1ccccc1. The van der Waals surface area contributed by atoms with Gasteiger partial charge >= 0.3 is 11.9 Å². The van der Waals surface area contributed by atoms with E-state index in [2.05, 4.69) is 5.32 Å². The van der Waals surface area contributed by atoms with Gasteiger partial charge in [-0.15, -0.1) is 0 Å². The first-order valence-corrected chi connectivity index (χ1v) is 7.03. The molecule has 0 heterocycles. The van der Waals surface area contributed by atoms with Crippen LogP contribution >= 0.6 is 0 Å². The molecule has 0 aliphatic heterocycles. The van der Waals surface area contributed by atoms with E-state index in [1.807, 2.05) is 26.8 Å². The number of nitrogens with one attached hydrogen (secondary N) is 1. The smallest absolute Gasteiger partial charge is 0.338 e. The molecule has 116 valence electrons. The lowest BCUT2D eigenvalue weighted by Gasteiger charge is -2.19. The van der Waals surface area contributed by atoms with Crippen molar-refractivity contribution in [3.63, 3.8) is 0 Å². The first-order chi connectivity index (χ1) is 9.88. The number of rotatable bonds is 7. The molecule has 0 spiro atoms. The first-order valence-electron chi connectivity index (χ1n) is 7.03. The van der Waals surface area contributed by atoms with Crippen LogP contribution in [0.25, 0.3) is 0 Å².